The number of hydrogen-bond donors (Lipinski definition) is 1. The first-order valence-electron chi connectivity index (χ1n) is 7.30. The normalized spacial score (nSPS) is 10.8. The van der Waals surface area contributed by atoms with Crippen molar-refractivity contribution in [1.29, 1.82) is 0 Å². The third-order valence-electron chi connectivity index (χ3n) is 3.04. The summed E-state index contributed by atoms with van der Waals surface area (Å²) >= 11 is 8.78. The lowest BCUT2D eigenvalue weighted by Gasteiger charge is -2.09. The fourth-order valence-corrected chi connectivity index (χ4v) is 3.81. The van der Waals surface area contributed by atoms with Crippen LogP contribution in [0.2, 0.25) is 4.34 Å². The molecule has 0 aliphatic carbocycles. The molecule has 2 heterocycles. The van der Waals surface area contributed by atoms with Crippen molar-refractivity contribution < 1.29 is 9.53 Å². The SMILES string of the molecule is CC(C)Oc1ccc(C(=O)Nc2nc(-c3ccc(Cl)s3)cs2)cc1. The van der Waals surface area contributed by atoms with E-state index >= 15 is 0 Å². The van der Waals surface area contributed by atoms with E-state index in [4.69, 9.17) is 16.3 Å². The summed E-state index contributed by atoms with van der Waals surface area (Å²) in [5.41, 5.74) is 1.37. The largest absolute Gasteiger partial charge is 0.491 e. The second kappa shape index (κ2) is 7.34. The maximum Gasteiger partial charge on any atom is 0.257 e. The standard InChI is InChI=1S/C17H15ClN2O2S2/c1-10(2)22-12-5-3-11(4-6-12)16(21)20-17-19-13(9-23-17)14-7-8-15(18)24-14/h3-10H,1-2H3,(H,19,20,21). The van der Waals surface area contributed by atoms with Crippen LogP contribution >= 0.6 is 34.3 Å². The molecule has 0 aliphatic rings. The number of carbonyl (C=O) groups is 1. The number of thiazole rings is 1. The van der Waals surface area contributed by atoms with Gasteiger partial charge in [-0.05, 0) is 50.2 Å². The molecule has 7 heteroatoms. The van der Waals surface area contributed by atoms with Crippen LogP contribution < -0.4 is 10.1 Å². The fraction of sp³-hybridized carbons (Fsp3) is 0.176. The fourth-order valence-electron chi connectivity index (χ4n) is 2.02. The Morgan fingerprint density at radius 3 is 2.58 bits per heavy atom. The van der Waals surface area contributed by atoms with Gasteiger partial charge in [-0.15, -0.1) is 22.7 Å². The summed E-state index contributed by atoms with van der Waals surface area (Å²) in [6, 6.07) is 10.8. The summed E-state index contributed by atoms with van der Waals surface area (Å²) in [7, 11) is 0. The van der Waals surface area contributed by atoms with E-state index in [0.717, 1.165) is 16.3 Å². The highest BCUT2D eigenvalue weighted by Crippen LogP contribution is 2.32. The average Bonchev–Trinajstić information content (AvgIpc) is 3.16. The molecule has 24 heavy (non-hydrogen) atoms. The quantitative estimate of drug-likeness (QED) is 0.631. The number of hydrogen-bond acceptors (Lipinski definition) is 5. The van der Waals surface area contributed by atoms with Gasteiger partial charge in [-0.2, -0.15) is 0 Å². The van der Waals surface area contributed by atoms with E-state index in [1.165, 1.54) is 22.7 Å². The van der Waals surface area contributed by atoms with Crippen LogP contribution in [0, 0.1) is 0 Å². The topological polar surface area (TPSA) is 51.2 Å². The van der Waals surface area contributed by atoms with Crippen molar-refractivity contribution in [3.05, 3.63) is 51.7 Å². The molecule has 0 unspecified atom stereocenters. The zero-order valence-electron chi connectivity index (χ0n) is 13.1. The van der Waals surface area contributed by atoms with Gasteiger partial charge in [0.15, 0.2) is 5.13 Å². The van der Waals surface area contributed by atoms with Gasteiger partial charge in [0.1, 0.15) is 5.75 Å². The van der Waals surface area contributed by atoms with Gasteiger partial charge in [-0.3, -0.25) is 10.1 Å². The predicted octanol–water partition coefficient (Wildman–Crippen LogP) is 5.56. The first-order chi connectivity index (χ1) is 11.5. The van der Waals surface area contributed by atoms with Crippen molar-refractivity contribution in [2.45, 2.75) is 20.0 Å². The predicted molar refractivity (Wildman–Crippen MR) is 101 cm³/mol. The number of ether oxygens (including phenoxy) is 1. The first-order valence-corrected chi connectivity index (χ1v) is 9.38. The van der Waals surface area contributed by atoms with Gasteiger partial charge < -0.3 is 4.74 Å². The number of anilines is 1. The second-order valence-corrected chi connectivity index (χ2v) is 7.86. The Labute approximate surface area is 153 Å². The van der Waals surface area contributed by atoms with Gasteiger partial charge >= 0.3 is 0 Å². The lowest BCUT2D eigenvalue weighted by molar-refractivity contribution is 0.102. The van der Waals surface area contributed by atoms with Crippen molar-refractivity contribution in [3.8, 4) is 16.3 Å². The van der Waals surface area contributed by atoms with E-state index in [9.17, 15) is 4.79 Å². The molecule has 3 aromatic rings. The van der Waals surface area contributed by atoms with Crippen LogP contribution in [0.25, 0.3) is 10.6 Å². The minimum Gasteiger partial charge on any atom is -0.491 e. The molecule has 1 amide bonds. The molecular formula is C17H15ClN2O2S2. The molecule has 4 nitrogen and oxygen atoms in total. The summed E-state index contributed by atoms with van der Waals surface area (Å²) in [6.45, 7) is 3.92. The number of benzene rings is 1. The molecule has 0 fully saturated rings. The van der Waals surface area contributed by atoms with Gasteiger partial charge in [-0.1, -0.05) is 11.6 Å². The summed E-state index contributed by atoms with van der Waals surface area (Å²) in [5.74, 6) is 0.545. The highest BCUT2D eigenvalue weighted by Gasteiger charge is 2.11. The molecular weight excluding hydrogens is 364 g/mol. The molecule has 0 aliphatic heterocycles. The average molecular weight is 379 g/mol. The minimum atomic E-state index is -0.198. The maximum atomic E-state index is 12.3. The van der Waals surface area contributed by atoms with Crippen LogP contribution in [0.5, 0.6) is 5.75 Å². The van der Waals surface area contributed by atoms with Gasteiger partial charge in [-0.25, -0.2) is 4.98 Å². The van der Waals surface area contributed by atoms with Crippen LogP contribution in [0.4, 0.5) is 5.13 Å². The maximum absolute atomic E-state index is 12.3. The molecule has 2 aromatic heterocycles. The van der Waals surface area contributed by atoms with Crippen molar-refractivity contribution in [2.75, 3.05) is 5.32 Å². The Balaban J connectivity index is 1.67. The molecule has 3 rings (SSSR count). The van der Waals surface area contributed by atoms with Crippen LogP contribution in [0.3, 0.4) is 0 Å². The summed E-state index contributed by atoms with van der Waals surface area (Å²) in [4.78, 5) is 17.7. The van der Waals surface area contributed by atoms with Crippen LogP contribution in [0.15, 0.2) is 41.8 Å². The zero-order chi connectivity index (χ0) is 17.1. The molecule has 0 spiro atoms. The zero-order valence-corrected chi connectivity index (χ0v) is 15.5. The van der Waals surface area contributed by atoms with Gasteiger partial charge in [0.2, 0.25) is 0 Å². The number of halogens is 1. The van der Waals surface area contributed by atoms with Crippen molar-refractivity contribution in [1.82, 2.24) is 4.98 Å². The van der Waals surface area contributed by atoms with Gasteiger partial charge in [0, 0.05) is 10.9 Å². The van der Waals surface area contributed by atoms with Gasteiger partial charge in [0.25, 0.3) is 5.91 Å². The lowest BCUT2D eigenvalue weighted by Crippen LogP contribution is -2.12. The number of carbonyl (C=O) groups excluding carboxylic acids is 1. The number of nitrogens with one attached hydrogen (secondary N) is 1. The lowest BCUT2D eigenvalue weighted by atomic mass is 10.2. The smallest absolute Gasteiger partial charge is 0.257 e. The molecule has 1 N–H and O–H groups in total. The molecule has 0 atom stereocenters. The third-order valence-corrected chi connectivity index (χ3v) is 5.05. The summed E-state index contributed by atoms with van der Waals surface area (Å²) in [6.07, 6.45) is 0.101. The number of thiophene rings is 1. The highest BCUT2D eigenvalue weighted by atomic mass is 35.5. The molecule has 0 radical (unpaired) electrons. The van der Waals surface area contributed by atoms with Crippen molar-refractivity contribution in [2.24, 2.45) is 0 Å². The number of rotatable bonds is 5. The second-order valence-electron chi connectivity index (χ2n) is 5.29. The molecule has 0 saturated heterocycles. The molecule has 1 aromatic carbocycles. The first kappa shape index (κ1) is 17.0. The Hall–Kier alpha value is -1.89. The van der Waals surface area contributed by atoms with Gasteiger partial charge in [0.05, 0.1) is 21.0 Å². The Morgan fingerprint density at radius 2 is 1.96 bits per heavy atom. The van der Waals surface area contributed by atoms with E-state index in [1.54, 1.807) is 24.3 Å². The molecule has 124 valence electrons. The minimum absolute atomic E-state index is 0.101. The monoisotopic (exact) mass is 378 g/mol. The number of nitrogens with zero attached hydrogens (tertiary/aromatic N) is 1. The molecule has 0 saturated carbocycles. The van der Waals surface area contributed by atoms with E-state index in [2.05, 4.69) is 10.3 Å². The highest BCUT2D eigenvalue weighted by molar-refractivity contribution is 7.20. The summed E-state index contributed by atoms with van der Waals surface area (Å²) < 4.78 is 6.28. The third kappa shape index (κ3) is 4.14. The van der Waals surface area contributed by atoms with Crippen LogP contribution in [0.1, 0.15) is 24.2 Å². The summed E-state index contributed by atoms with van der Waals surface area (Å²) in [5, 5.41) is 5.27. The van der Waals surface area contributed by atoms with E-state index in [0.29, 0.717) is 15.0 Å². The van der Waals surface area contributed by atoms with Crippen molar-refractivity contribution >= 4 is 45.3 Å². The Bertz CT molecular complexity index is 840. The number of aromatic nitrogens is 1. The van der Waals surface area contributed by atoms with Crippen molar-refractivity contribution in [3.63, 3.8) is 0 Å². The molecule has 0 bridgehead atoms. The Morgan fingerprint density at radius 1 is 1.21 bits per heavy atom. The van der Waals surface area contributed by atoms with E-state index in [-0.39, 0.29) is 12.0 Å². The van der Waals surface area contributed by atoms with E-state index < -0.39 is 0 Å². The van der Waals surface area contributed by atoms with Crippen LogP contribution in [-0.4, -0.2) is 17.0 Å². The number of amides is 1. The van der Waals surface area contributed by atoms with E-state index in [1.807, 2.05) is 31.4 Å². The Kier molecular flexibility index (Phi) is 5.18. The van der Waals surface area contributed by atoms with Crippen LogP contribution in [-0.2, 0) is 0 Å².